The maximum atomic E-state index is 14.1. The number of hydrazine groups is 1. The van der Waals surface area contributed by atoms with E-state index in [4.69, 9.17) is 4.52 Å². The molecule has 134 valence electrons. The number of hydrogen-bond donors (Lipinski definition) is 2. The average Bonchev–Trinajstić information content (AvgIpc) is 3.43. The lowest BCUT2D eigenvalue weighted by Crippen LogP contribution is -2.11. The summed E-state index contributed by atoms with van der Waals surface area (Å²) in [5.74, 6) is 0.915. The van der Waals surface area contributed by atoms with Gasteiger partial charge in [-0.05, 0) is 12.1 Å². The van der Waals surface area contributed by atoms with Crippen LogP contribution in [0.25, 0.3) is 22.9 Å². The number of aromatic nitrogens is 5. The van der Waals surface area contributed by atoms with Gasteiger partial charge in [-0.15, -0.1) is 0 Å². The van der Waals surface area contributed by atoms with Crippen LogP contribution in [0, 0.1) is 5.82 Å². The number of anilines is 1. The molecule has 0 atom stereocenters. The maximum Gasteiger partial charge on any atom is 0.182 e. The molecule has 0 saturated carbocycles. The van der Waals surface area contributed by atoms with E-state index in [0.717, 1.165) is 11.4 Å². The van der Waals surface area contributed by atoms with E-state index >= 15 is 0 Å². The van der Waals surface area contributed by atoms with Crippen LogP contribution in [0.2, 0.25) is 0 Å². The zero-order valence-electron chi connectivity index (χ0n) is 14.1. The monoisotopic (exact) mass is 363 g/mol. The lowest BCUT2D eigenvalue weighted by molar-refractivity contribution is 0.421. The minimum absolute atomic E-state index is 0.250. The van der Waals surface area contributed by atoms with Crippen molar-refractivity contribution in [2.45, 2.75) is 13.1 Å². The van der Waals surface area contributed by atoms with E-state index in [1.165, 1.54) is 12.3 Å². The van der Waals surface area contributed by atoms with Crippen molar-refractivity contribution >= 4 is 5.82 Å². The number of nitrogens with one attached hydrogen (secondary N) is 2. The number of halogens is 1. The molecular formula is C18H14FN7O. The van der Waals surface area contributed by atoms with Crippen LogP contribution in [0.3, 0.4) is 0 Å². The van der Waals surface area contributed by atoms with Gasteiger partial charge in [0.25, 0.3) is 0 Å². The first-order chi connectivity index (χ1) is 13.3. The van der Waals surface area contributed by atoms with Crippen molar-refractivity contribution in [3.05, 3.63) is 65.8 Å². The number of fused-ring (bicyclic) bond motifs is 1. The molecule has 2 N–H and O–H groups in total. The third-order valence-corrected chi connectivity index (χ3v) is 4.34. The molecule has 5 rings (SSSR count). The van der Waals surface area contributed by atoms with Crippen LogP contribution in [0.5, 0.6) is 0 Å². The van der Waals surface area contributed by atoms with Gasteiger partial charge in [-0.1, -0.05) is 23.4 Å². The third-order valence-electron chi connectivity index (χ3n) is 4.34. The van der Waals surface area contributed by atoms with Crippen LogP contribution in [0.15, 0.2) is 53.4 Å². The van der Waals surface area contributed by atoms with Gasteiger partial charge in [0.05, 0.1) is 12.2 Å². The summed E-state index contributed by atoms with van der Waals surface area (Å²) < 4.78 is 20.7. The maximum absolute atomic E-state index is 14.1. The summed E-state index contributed by atoms with van der Waals surface area (Å²) >= 11 is 0. The summed E-state index contributed by atoms with van der Waals surface area (Å²) in [7, 11) is 0. The second-order valence-electron chi connectivity index (χ2n) is 6.09. The van der Waals surface area contributed by atoms with Crippen LogP contribution >= 0.6 is 0 Å². The highest BCUT2D eigenvalue weighted by Crippen LogP contribution is 2.26. The van der Waals surface area contributed by atoms with E-state index in [2.05, 4.69) is 31.1 Å². The van der Waals surface area contributed by atoms with Crippen molar-refractivity contribution in [3.8, 4) is 22.9 Å². The molecule has 1 aliphatic heterocycles. The summed E-state index contributed by atoms with van der Waals surface area (Å²) in [5.41, 5.74) is 9.37. The van der Waals surface area contributed by atoms with Crippen LogP contribution < -0.4 is 10.9 Å². The molecule has 27 heavy (non-hydrogen) atoms. The summed E-state index contributed by atoms with van der Waals surface area (Å²) in [5, 5.41) is 8.58. The summed E-state index contributed by atoms with van der Waals surface area (Å²) in [6.07, 6.45) is 3.24. The van der Waals surface area contributed by atoms with Gasteiger partial charge >= 0.3 is 0 Å². The van der Waals surface area contributed by atoms with Crippen LogP contribution in [0.4, 0.5) is 10.2 Å². The van der Waals surface area contributed by atoms with E-state index in [0.29, 0.717) is 35.0 Å². The summed E-state index contributed by atoms with van der Waals surface area (Å²) in [6, 6.07) is 10.2. The Balaban J connectivity index is 1.59. The van der Waals surface area contributed by atoms with Crippen molar-refractivity contribution in [3.63, 3.8) is 0 Å². The van der Waals surface area contributed by atoms with Gasteiger partial charge in [0.2, 0.25) is 0 Å². The Hall–Kier alpha value is -3.59. The first kappa shape index (κ1) is 15.6. The molecule has 0 unspecified atom stereocenters. The number of nitrogens with zero attached hydrogens (tertiary/aromatic N) is 5. The summed E-state index contributed by atoms with van der Waals surface area (Å²) in [6.45, 7) is 0.918. The first-order valence-corrected chi connectivity index (χ1v) is 8.35. The van der Waals surface area contributed by atoms with Gasteiger partial charge in [0, 0.05) is 29.9 Å². The molecule has 0 radical (unpaired) electrons. The van der Waals surface area contributed by atoms with Crippen molar-refractivity contribution in [1.82, 2.24) is 30.3 Å². The van der Waals surface area contributed by atoms with E-state index in [-0.39, 0.29) is 12.4 Å². The number of hydrogen-bond acceptors (Lipinski definition) is 7. The van der Waals surface area contributed by atoms with Gasteiger partial charge in [0.1, 0.15) is 29.3 Å². The van der Waals surface area contributed by atoms with E-state index in [9.17, 15) is 4.39 Å². The van der Waals surface area contributed by atoms with E-state index in [1.54, 1.807) is 35.1 Å². The SMILES string of the molecule is Fc1ccccc1Cn1nc(-c2ncc3c(n2)NNC3)cc1-c1ccon1. The van der Waals surface area contributed by atoms with Crippen LogP contribution in [0.1, 0.15) is 11.1 Å². The lowest BCUT2D eigenvalue weighted by Gasteiger charge is -2.06. The fourth-order valence-electron chi connectivity index (χ4n) is 2.98. The minimum Gasteiger partial charge on any atom is -0.364 e. The van der Waals surface area contributed by atoms with E-state index in [1.807, 2.05) is 6.07 Å². The molecule has 4 heterocycles. The normalized spacial score (nSPS) is 12.8. The molecule has 0 amide bonds. The topological polar surface area (TPSA) is 93.7 Å². The highest BCUT2D eigenvalue weighted by atomic mass is 19.1. The fraction of sp³-hybridized carbons (Fsp3) is 0.111. The van der Waals surface area contributed by atoms with Crippen molar-refractivity contribution in [1.29, 1.82) is 0 Å². The molecule has 0 aliphatic carbocycles. The molecule has 1 aliphatic rings. The Morgan fingerprint density at radius 3 is 2.96 bits per heavy atom. The van der Waals surface area contributed by atoms with Crippen molar-refractivity contribution < 1.29 is 8.91 Å². The minimum atomic E-state index is -0.287. The van der Waals surface area contributed by atoms with E-state index < -0.39 is 0 Å². The highest BCUT2D eigenvalue weighted by molar-refractivity contribution is 5.64. The molecule has 4 aromatic rings. The van der Waals surface area contributed by atoms with Crippen LogP contribution in [-0.2, 0) is 13.1 Å². The summed E-state index contributed by atoms with van der Waals surface area (Å²) in [4.78, 5) is 8.90. The molecule has 8 nitrogen and oxygen atoms in total. The predicted molar refractivity (Wildman–Crippen MR) is 94.7 cm³/mol. The van der Waals surface area contributed by atoms with Crippen molar-refractivity contribution in [2.24, 2.45) is 0 Å². The Morgan fingerprint density at radius 1 is 1.19 bits per heavy atom. The highest BCUT2D eigenvalue weighted by Gasteiger charge is 2.19. The third kappa shape index (κ3) is 2.83. The van der Waals surface area contributed by atoms with Gasteiger partial charge in [-0.2, -0.15) is 5.10 Å². The molecular weight excluding hydrogens is 349 g/mol. The molecule has 9 heteroatoms. The molecule has 1 aromatic carbocycles. The first-order valence-electron chi connectivity index (χ1n) is 8.35. The Labute approximate surface area is 153 Å². The second kappa shape index (κ2) is 6.29. The van der Waals surface area contributed by atoms with Gasteiger partial charge in [0.15, 0.2) is 5.82 Å². The van der Waals surface area contributed by atoms with Crippen molar-refractivity contribution in [2.75, 3.05) is 5.43 Å². The van der Waals surface area contributed by atoms with Gasteiger partial charge in [-0.25, -0.2) is 19.8 Å². The lowest BCUT2D eigenvalue weighted by atomic mass is 10.2. The molecule has 0 fully saturated rings. The zero-order valence-corrected chi connectivity index (χ0v) is 14.1. The Kier molecular flexibility index (Phi) is 3.65. The van der Waals surface area contributed by atoms with Crippen LogP contribution in [-0.4, -0.2) is 24.9 Å². The van der Waals surface area contributed by atoms with Gasteiger partial charge < -0.3 is 9.95 Å². The zero-order chi connectivity index (χ0) is 18.2. The molecule has 0 saturated heterocycles. The second-order valence-corrected chi connectivity index (χ2v) is 6.09. The smallest absolute Gasteiger partial charge is 0.182 e. The average molecular weight is 363 g/mol. The quantitative estimate of drug-likeness (QED) is 0.576. The largest absolute Gasteiger partial charge is 0.364 e. The standard InChI is InChI=1S/C18H14FN7O/c19-13-4-2-1-3-11(13)10-26-16(14-5-6-27-25-14)7-15(24-26)18-20-8-12-9-21-23-17(12)22-18/h1-8,21H,9-10H2,(H,20,22,23). The molecule has 0 spiro atoms. The van der Waals surface area contributed by atoms with Gasteiger partial charge in [-0.3, -0.25) is 4.68 Å². The Morgan fingerprint density at radius 2 is 2.11 bits per heavy atom. The predicted octanol–water partition coefficient (Wildman–Crippen LogP) is 2.61. The Bertz CT molecular complexity index is 1110. The molecule has 3 aromatic heterocycles. The number of benzene rings is 1. The molecule has 0 bridgehead atoms. The fourth-order valence-corrected chi connectivity index (χ4v) is 2.98. The number of rotatable bonds is 4.